The number of aromatic nitrogens is 3. The second-order valence-electron chi connectivity index (χ2n) is 4.49. The normalized spacial score (nSPS) is 11.8. The van der Waals surface area contributed by atoms with Crippen molar-refractivity contribution in [3.8, 4) is 0 Å². The van der Waals surface area contributed by atoms with E-state index in [0.717, 1.165) is 5.56 Å². The number of hydrogen-bond donors (Lipinski definition) is 1. The molecule has 1 heterocycles. The summed E-state index contributed by atoms with van der Waals surface area (Å²) < 4.78 is 1.69. The first-order chi connectivity index (χ1) is 7.95. The first-order valence-corrected chi connectivity index (χ1v) is 5.70. The third-order valence-electron chi connectivity index (χ3n) is 2.42. The van der Waals surface area contributed by atoms with Crippen LogP contribution in [-0.2, 0) is 12.1 Å². The zero-order valence-electron chi connectivity index (χ0n) is 9.76. The van der Waals surface area contributed by atoms with Gasteiger partial charge in [-0.2, -0.15) is 0 Å². The maximum Gasteiger partial charge on any atom is 0.114 e. The number of rotatable bonds is 3. The number of hydrogen-bond acceptors (Lipinski definition) is 3. The fraction of sp³-hybridized carbons (Fsp3) is 0.333. The van der Waals surface area contributed by atoms with Crippen LogP contribution in [0.3, 0.4) is 0 Å². The van der Waals surface area contributed by atoms with Gasteiger partial charge in [0.25, 0.3) is 0 Å². The molecule has 0 unspecified atom stereocenters. The van der Waals surface area contributed by atoms with E-state index in [1.54, 1.807) is 24.7 Å². The second-order valence-corrected chi connectivity index (χ2v) is 4.92. The van der Waals surface area contributed by atoms with Crippen molar-refractivity contribution in [1.82, 2.24) is 15.0 Å². The van der Waals surface area contributed by atoms with Crippen LogP contribution in [0.5, 0.6) is 0 Å². The van der Waals surface area contributed by atoms with E-state index in [1.807, 2.05) is 24.3 Å². The van der Waals surface area contributed by atoms with Crippen molar-refractivity contribution in [2.75, 3.05) is 0 Å². The Morgan fingerprint density at radius 2 is 1.94 bits per heavy atom. The van der Waals surface area contributed by atoms with E-state index in [1.165, 1.54) is 0 Å². The predicted molar refractivity (Wildman–Crippen MR) is 65.8 cm³/mol. The van der Waals surface area contributed by atoms with Crippen LogP contribution in [0.1, 0.15) is 25.1 Å². The quantitative estimate of drug-likeness (QED) is 0.910. The maximum absolute atomic E-state index is 9.77. The molecular formula is C12H14ClN3O. The number of halogens is 1. The van der Waals surface area contributed by atoms with Gasteiger partial charge in [-0.3, -0.25) is 0 Å². The molecule has 0 spiro atoms. The van der Waals surface area contributed by atoms with E-state index in [2.05, 4.69) is 10.3 Å². The molecule has 1 aromatic carbocycles. The lowest BCUT2D eigenvalue weighted by molar-refractivity contribution is 0.0737. The van der Waals surface area contributed by atoms with Crippen molar-refractivity contribution in [2.45, 2.75) is 26.0 Å². The highest BCUT2D eigenvalue weighted by molar-refractivity contribution is 6.30. The van der Waals surface area contributed by atoms with Crippen LogP contribution in [0.15, 0.2) is 30.5 Å². The lowest BCUT2D eigenvalue weighted by atomic mass is 10.1. The van der Waals surface area contributed by atoms with Gasteiger partial charge in [-0.05, 0) is 31.5 Å². The van der Waals surface area contributed by atoms with E-state index in [9.17, 15) is 5.11 Å². The lowest BCUT2D eigenvalue weighted by Crippen LogP contribution is -2.15. The standard InChI is InChI=1S/C12H14ClN3O/c1-12(2,17)11-8-16(15-14-11)7-9-3-5-10(13)6-4-9/h3-6,8,17H,7H2,1-2H3. The molecule has 0 fully saturated rings. The first kappa shape index (κ1) is 12.1. The molecule has 5 heteroatoms. The molecule has 0 aliphatic carbocycles. The molecule has 2 rings (SSSR count). The molecule has 0 saturated heterocycles. The molecular weight excluding hydrogens is 238 g/mol. The molecule has 0 aliphatic heterocycles. The zero-order chi connectivity index (χ0) is 12.5. The lowest BCUT2D eigenvalue weighted by Gasteiger charge is -2.11. The summed E-state index contributed by atoms with van der Waals surface area (Å²) >= 11 is 5.81. The average Bonchev–Trinajstić information content (AvgIpc) is 2.69. The Morgan fingerprint density at radius 1 is 1.29 bits per heavy atom. The molecule has 0 atom stereocenters. The predicted octanol–water partition coefficient (Wildman–Crippen LogP) is 2.21. The van der Waals surface area contributed by atoms with Crippen LogP contribution in [0.4, 0.5) is 0 Å². The molecule has 0 radical (unpaired) electrons. The molecule has 0 saturated carbocycles. The Labute approximate surface area is 105 Å². The number of nitrogens with zero attached hydrogens (tertiary/aromatic N) is 3. The summed E-state index contributed by atoms with van der Waals surface area (Å²) in [5, 5.41) is 18.4. The highest BCUT2D eigenvalue weighted by Gasteiger charge is 2.19. The number of aliphatic hydroxyl groups is 1. The van der Waals surface area contributed by atoms with Crippen molar-refractivity contribution in [2.24, 2.45) is 0 Å². The molecule has 0 aliphatic rings. The highest BCUT2D eigenvalue weighted by Crippen LogP contribution is 2.16. The second kappa shape index (κ2) is 4.47. The summed E-state index contributed by atoms with van der Waals surface area (Å²) in [7, 11) is 0. The van der Waals surface area contributed by atoms with E-state index >= 15 is 0 Å². The minimum Gasteiger partial charge on any atom is -0.384 e. The average molecular weight is 252 g/mol. The molecule has 1 aromatic heterocycles. The van der Waals surface area contributed by atoms with Gasteiger partial charge in [0.05, 0.1) is 12.7 Å². The SMILES string of the molecule is CC(C)(O)c1cn(Cc2ccc(Cl)cc2)nn1. The summed E-state index contributed by atoms with van der Waals surface area (Å²) in [6, 6.07) is 7.55. The molecule has 17 heavy (non-hydrogen) atoms. The molecule has 90 valence electrons. The van der Waals surface area contributed by atoms with Crippen LogP contribution < -0.4 is 0 Å². The zero-order valence-corrected chi connectivity index (χ0v) is 10.5. The Balaban J connectivity index is 2.14. The van der Waals surface area contributed by atoms with Gasteiger partial charge in [-0.15, -0.1) is 5.10 Å². The van der Waals surface area contributed by atoms with Crippen LogP contribution in [-0.4, -0.2) is 20.1 Å². The fourth-order valence-electron chi connectivity index (χ4n) is 1.43. The molecule has 0 bridgehead atoms. The van der Waals surface area contributed by atoms with Crippen molar-refractivity contribution in [1.29, 1.82) is 0 Å². The highest BCUT2D eigenvalue weighted by atomic mass is 35.5. The van der Waals surface area contributed by atoms with Gasteiger partial charge in [0.1, 0.15) is 11.3 Å². The third-order valence-corrected chi connectivity index (χ3v) is 2.68. The van der Waals surface area contributed by atoms with Crippen molar-refractivity contribution in [3.63, 3.8) is 0 Å². The third kappa shape index (κ3) is 3.05. The van der Waals surface area contributed by atoms with Gasteiger partial charge in [-0.25, -0.2) is 4.68 Å². The van der Waals surface area contributed by atoms with Gasteiger partial charge in [0.15, 0.2) is 0 Å². The fourth-order valence-corrected chi connectivity index (χ4v) is 1.56. The van der Waals surface area contributed by atoms with Gasteiger partial charge >= 0.3 is 0 Å². The van der Waals surface area contributed by atoms with Crippen molar-refractivity contribution >= 4 is 11.6 Å². The van der Waals surface area contributed by atoms with Gasteiger partial charge in [0, 0.05) is 5.02 Å². The summed E-state index contributed by atoms with van der Waals surface area (Å²) in [6.45, 7) is 3.98. The minimum absolute atomic E-state index is 0.562. The van der Waals surface area contributed by atoms with Gasteiger partial charge in [-0.1, -0.05) is 28.9 Å². The largest absolute Gasteiger partial charge is 0.384 e. The Bertz CT molecular complexity index is 499. The van der Waals surface area contributed by atoms with Crippen molar-refractivity contribution < 1.29 is 5.11 Å². The topological polar surface area (TPSA) is 50.9 Å². The van der Waals surface area contributed by atoms with Crippen LogP contribution in [0, 0.1) is 0 Å². The van der Waals surface area contributed by atoms with Crippen LogP contribution in [0.2, 0.25) is 5.02 Å². The van der Waals surface area contributed by atoms with E-state index in [4.69, 9.17) is 11.6 Å². The van der Waals surface area contributed by atoms with Gasteiger partial charge in [0.2, 0.25) is 0 Å². The van der Waals surface area contributed by atoms with Crippen LogP contribution in [0.25, 0.3) is 0 Å². The summed E-state index contributed by atoms with van der Waals surface area (Å²) in [6.07, 6.45) is 1.74. The Hall–Kier alpha value is -1.39. The molecule has 4 nitrogen and oxygen atoms in total. The monoisotopic (exact) mass is 251 g/mol. The minimum atomic E-state index is -0.960. The first-order valence-electron chi connectivity index (χ1n) is 5.32. The smallest absolute Gasteiger partial charge is 0.114 e. The van der Waals surface area contributed by atoms with Crippen LogP contribution >= 0.6 is 11.6 Å². The summed E-state index contributed by atoms with van der Waals surface area (Å²) in [5.41, 5.74) is 0.686. The molecule has 0 amide bonds. The number of benzene rings is 1. The van der Waals surface area contributed by atoms with Gasteiger partial charge < -0.3 is 5.11 Å². The molecule has 2 aromatic rings. The summed E-state index contributed by atoms with van der Waals surface area (Å²) in [5.74, 6) is 0. The Kier molecular flexibility index (Phi) is 3.17. The molecule has 1 N–H and O–H groups in total. The Morgan fingerprint density at radius 3 is 2.47 bits per heavy atom. The summed E-state index contributed by atoms with van der Waals surface area (Å²) in [4.78, 5) is 0. The van der Waals surface area contributed by atoms with E-state index in [-0.39, 0.29) is 0 Å². The van der Waals surface area contributed by atoms with Crippen molar-refractivity contribution in [3.05, 3.63) is 46.7 Å². The van der Waals surface area contributed by atoms with E-state index < -0.39 is 5.60 Å². The van der Waals surface area contributed by atoms with E-state index in [0.29, 0.717) is 17.3 Å². The maximum atomic E-state index is 9.77.